The number of benzene rings is 1. The Balaban J connectivity index is 1.35. The van der Waals surface area contributed by atoms with E-state index >= 15 is 0 Å². The van der Waals surface area contributed by atoms with Gasteiger partial charge in [-0.05, 0) is 63.1 Å². The fourth-order valence-electron chi connectivity index (χ4n) is 4.61. The molecule has 134 valence electrons. The second kappa shape index (κ2) is 7.19. The van der Waals surface area contributed by atoms with E-state index in [-0.39, 0.29) is 5.92 Å². The fourth-order valence-corrected chi connectivity index (χ4v) is 4.61. The summed E-state index contributed by atoms with van der Waals surface area (Å²) in [4.78, 5) is 17.0. The molecule has 2 fully saturated rings. The van der Waals surface area contributed by atoms with Gasteiger partial charge in [0, 0.05) is 18.0 Å². The highest BCUT2D eigenvalue weighted by Crippen LogP contribution is 2.32. The molecule has 0 radical (unpaired) electrons. The van der Waals surface area contributed by atoms with Gasteiger partial charge in [0.25, 0.3) is 0 Å². The number of carbonyl (C=O) groups is 1. The quantitative estimate of drug-likeness (QED) is 0.893. The van der Waals surface area contributed by atoms with Crippen LogP contribution in [0.1, 0.15) is 69.4 Å². The van der Waals surface area contributed by atoms with Gasteiger partial charge in [0.2, 0.25) is 5.91 Å². The number of hydrogen-bond donors (Lipinski definition) is 1. The van der Waals surface area contributed by atoms with E-state index in [2.05, 4.69) is 40.0 Å². The minimum atomic E-state index is 0.271. The molecule has 0 atom stereocenters. The van der Waals surface area contributed by atoms with Gasteiger partial charge in [-0.3, -0.25) is 4.79 Å². The molecule has 2 aliphatic carbocycles. The maximum Gasteiger partial charge on any atom is 0.223 e. The lowest BCUT2D eigenvalue weighted by Gasteiger charge is -2.31. The van der Waals surface area contributed by atoms with Crippen molar-refractivity contribution in [3.63, 3.8) is 0 Å². The van der Waals surface area contributed by atoms with E-state index in [1.54, 1.807) is 0 Å². The van der Waals surface area contributed by atoms with E-state index < -0.39 is 0 Å². The molecule has 0 unspecified atom stereocenters. The van der Waals surface area contributed by atoms with Crippen molar-refractivity contribution in [1.82, 2.24) is 14.9 Å². The predicted octanol–water partition coefficient (Wildman–Crippen LogP) is 4.52. The Morgan fingerprint density at radius 3 is 2.60 bits per heavy atom. The number of carbonyl (C=O) groups excluding carboxylic acids is 1. The molecule has 1 heterocycles. The van der Waals surface area contributed by atoms with E-state index in [1.165, 1.54) is 30.3 Å². The normalized spacial score (nSPS) is 25.2. The van der Waals surface area contributed by atoms with Gasteiger partial charge in [-0.15, -0.1) is 0 Å². The molecule has 4 heteroatoms. The van der Waals surface area contributed by atoms with Crippen LogP contribution in [0.4, 0.5) is 0 Å². The first kappa shape index (κ1) is 16.6. The Morgan fingerprint density at radius 2 is 1.84 bits per heavy atom. The van der Waals surface area contributed by atoms with Crippen molar-refractivity contribution in [1.29, 1.82) is 0 Å². The van der Waals surface area contributed by atoms with Gasteiger partial charge in [0.05, 0.1) is 17.4 Å². The highest BCUT2D eigenvalue weighted by Gasteiger charge is 2.27. The molecule has 0 saturated heterocycles. The van der Waals surface area contributed by atoms with Crippen molar-refractivity contribution in [2.24, 2.45) is 5.92 Å². The largest absolute Gasteiger partial charge is 0.353 e. The molecular formula is C21H29N3O. The zero-order valence-corrected chi connectivity index (χ0v) is 15.2. The van der Waals surface area contributed by atoms with Crippen LogP contribution in [0.2, 0.25) is 0 Å². The molecule has 0 bridgehead atoms. The van der Waals surface area contributed by atoms with Gasteiger partial charge >= 0.3 is 0 Å². The second-order valence-electron chi connectivity index (χ2n) is 7.99. The number of fused-ring (bicyclic) bond motifs is 1. The van der Waals surface area contributed by atoms with Crippen LogP contribution in [0.3, 0.4) is 0 Å². The number of nitrogens with zero attached hydrogens (tertiary/aromatic N) is 2. The number of amides is 1. The zero-order chi connectivity index (χ0) is 17.2. The van der Waals surface area contributed by atoms with Gasteiger partial charge in [-0.2, -0.15) is 0 Å². The fraction of sp³-hybridized carbons (Fsp3) is 0.619. The van der Waals surface area contributed by atoms with Crippen LogP contribution in [0.25, 0.3) is 11.0 Å². The molecule has 1 N–H and O–H groups in total. The SMILES string of the molecule is Cc1ccc2c(c1)ncn2C1CCC(NC(=O)C2CCCCC2)CC1. The third-order valence-electron chi connectivity index (χ3n) is 6.14. The first-order valence-electron chi connectivity index (χ1n) is 9.94. The van der Waals surface area contributed by atoms with E-state index in [0.29, 0.717) is 18.0 Å². The highest BCUT2D eigenvalue weighted by atomic mass is 16.1. The lowest BCUT2D eigenvalue weighted by molar-refractivity contribution is -0.126. The summed E-state index contributed by atoms with van der Waals surface area (Å²) >= 11 is 0. The lowest BCUT2D eigenvalue weighted by Crippen LogP contribution is -2.41. The minimum absolute atomic E-state index is 0.271. The maximum atomic E-state index is 12.5. The van der Waals surface area contributed by atoms with Crippen LogP contribution in [-0.4, -0.2) is 21.5 Å². The first-order valence-corrected chi connectivity index (χ1v) is 9.94. The number of rotatable bonds is 3. The number of hydrogen-bond acceptors (Lipinski definition) is 2. The van der Waals surface area contributed by atoms with Crippen LogP contribution < -0.4 is 5.32 Å². The number of imidazole rings is 1. The van der Waals surface area contributed by atoms with E-state index in [9.17, 15) is 4.79 Å². The molecule has 25 heavy (non-hydrogen) atoms. The summed E-state index contributed by atoms with van der Waals surface area (Å²) < 4.78 is 2.34. The van der Waals surface area contributed by atoms with E-state index in [1.807, 2.05) is 6.33 Å². The average Bonchev–Trinajstić information content (AvgIpc) is 3.06. The molecule has 4 rings (SSSR count). The lowest BCUT2D eigenvalue weighted by atomic mass is 9.87. The van der Waals surface area contributed by atoms with Crippen molar-refractivity contribution < 1.29 is 4.79 Å². The molecule has 2 saturated carbocycles. The number of aromatic nitrogens is 2. The van der Waals surface area contributed by atoms with Crippen LogP contribution in [-0.2, 0) is 4.79 Å². The Hall–Kier alpha value is -1.84. The smallest absolute Gasteiger partial charge is 0.223 e. The average molecular weight is 339 g/mol. The van der Waals surface area contributed by atoms with Crippen LogP contribution in [0.5, 0.6) is 0 Å². The summed E-state index contributed by atoms with van der Waals surface area (Å²) in [6.07, 6.45) is 12.3. The topological polar surface area (TPSA) is 46.9 Å². The van der Waals surface area contributed by atoms with Crippen molar-refractivity contribution in [3.8, 4) is 0 Å². The maximum absolute atomic E-state index is 12.5. The first-order chi connectivity index (χ1) is 12.2. The van der Waals surface area contributed by atoms with E-state index in [0.717, 1.165) is 44.0 Å². The summed E-state index contributed by atoms with van der Waals surface area (Å²) in [5, 5.41) is 3.34. The van der Waals surface area contributed by atoms with Crippen molar-refractivity contribution in [2.75, 3.05) is 0 Å². The molecule has 2 aliphatic rings. The standard InChI is InChI=1S/C21H29N3O/c1-15-7-12-20-19(13-15)22-14-24(20)18-10-8-17(9-11-18)23-21(25)16-5-3-2-4-6-16/h7,12-14,16-18H,2-6,8-11H2,1H3,(H,23,25). The molecular weight excluding hydrogens is 310 g/mol. The molecule has 0 aliphatic heterocycles. The van der Waals surface area contributed by atoms with E-state index in [4.69, 9.17) is 0 Å². The van der Waals surface area contributed by atoms with Crippen LogP contribution in [0.15, 0.2) is 24.5 Å². The van der Waals surface area contributed by atoms with Crippen LogP contribution >= 0.6 is 0 Å². The molecule has 1 amide bonds. The van der Waals surface area contributed by atoms with Crippen molar-refractivity contribution in [2.45, 2.75) is 76.8 Å². The van der Waals surface area contributed by atoms with Gasteiger partial charge in [-0.25, -0.2) is 4.98 Å². The van der Waals surface area contributed by atoms with Crippen LogP contribution in [0, 0.1) is 12.8 Å². The summed E-state index contributed by atoms with van der Waals surface area (Å²) in [5.74, 6) is 0.582. The summed E-state index contributed by atoms with van der Waals surface area (Å²) in [6, 6.07) is 7.38. The molecule has 1 aromatic carbocycles. The Kier molecular flexibility index (Phi) is 4.78. The highest BCUT2D eigenvalue weighted by molar-refractivity contribution is 5.79. The molecule has 4 nitrogen and oxygen atoms in total. The summed E-state index contributed by atoms with van der Waals surface area (Å²) in [7, 11) is 0. The number of nitrogens with one attached hydrogen (secondary N) is 1. The third kappa shape index (κ3) is 3.58. The zero-order valence-electron chi connectivity index (χ0n) is 15.2. The van der Waals surface area contributed by atoms with Gasteiger partial charge in [0.15, 0.2) is 0 Å². The molecule has 1 aromatic heterocycles. The predicted molar refractivity (Wildman–Crippen MR) is 100 cm³/mol. The Morgan fingerprint density at radius 1 is 1.08 bits per heavy atom. The Labute approximate surface area is 150 Å². The van der Waals surface area contributed by atoms with Crippen molar-refractivity contribution >= 4 is 16.9 Å². The minimum Gasteiger partial charge on any atom is -0.353 e. The molecule has 0 spiro atoms. The van der Waals surface area contributed by atoms with Crippen molar-refractivity contribution in [3.05, 3.63) is 30.1 Å². The summed E-state index contributed by atoms with van der Waals surface area (Å²) in [6.45, 7) is 2.11. The summed E-state index contributed by atoms with van der Waals surface area (Å²) in [5.41, 5.74) is 3.58. The monoisotopic (exact) mass is 339 g/mol. The third-order valence-corrected chi connectivity index (χ3v) is 6.14. The van der Waals surface area contributed by atoms with Gasteiger partial charge in [-0.1, -0.05) is 25.3 Å². The van der Waals surface area contributed by atoms with Gasteiger partial charge in [0.1, 0.15) is 0 Å². The second-order valence-corrected chi connectivity index (χ2v) is 7.99. The number of aryl methyl sites for hydroxylation is 1. The molecule has 2 aromatic rings. The Bertz CT molecular complexity index is 737. The van der Waals surface area contributed by atoms with Gasteiger partial charge < -0.3 is 9.88 Å².